The zero-order valence-corrected chi connectivity index (χ0v) is 18.4. The quantitative estimate of drug-likeness (QED) is 0.311. The lowest BCUT2D eigenvalue weighted by atomic mass is 9.95. The number of nitrogens with zero attached hydrogens (tertiary/aromatic N) is 1. The number of hydrogen-bond acceptors (Lipinski definition) is 5. The summed E-state index contributed by atoms with van der Waals surface area (Å²) in [7, 11) is 1.55. The summed E-state index contributed by atoms with van der Waals surface area (Å²) in [6, 6.07) is 15.3. The fourth-order valence-electron chi connectivity index (χ4n) is 5.33. The first kappa shape index (κ1) is 20.9. The van der Waals surface area contributed by atoms with Crippen molar-refractivity contribution in [2.75, 3.05) is 13.7 Å². The van der Waals surface area contributed by atoms with E-state index in [0.29, 0.717) is 27.4 Å². The largest absolute Gasteiger partial charge is 0.390 e. The molecule has 0 spiro atoms. The molecule has 3 heterocycles. The Morgan fingerprint density at radius 1 is 1.09 bits per heavy atom. The number of H-pyrrole nitrogens is 1. The molecule has 1 aliphatic heterocycles. The first-order valence-electron chi connectivity index (χ1n) is 11.2. The first-order valence-corrected chi connectivity index (χ1v) is 11.2. The van der Waals surface area contributed by atoms with Crippen LogP contribution >= 0.6 is 0 Å². The van der Waals surface area contributed by atoms with Crippen molar-refractivity contribution in [2.45, 2.75) is 24.9 Å². The minimum atomic E-state index is -0.956. The summed E-state index contributed by atoms with van der Waals surface area (Å²) in [5.41, 5.74) is 3.70. The van der Waals surface area contributed by atoms with Crippen LogP contribution < -0.4 is 5.32 Å². The summed E-state index contributed by atoms with van der Waals surface area (Å²) >= 11 is 0. The number of aliphatic hydroxyl groups is 2. The summed E-state index contributed by atoms with van der Waals surface area (Å²) in [5, 5.41) is 26.0. The highest BCUT2D eigenvalue weighted by Gasteiger charge is 2.33. The number of aromatic nitrogens is 2. The molecule has 34 heavy (non-hydrogen) atoms. The molecular weight excluding hydrogens is 434 g/mol. The Morgan fingerprint density at radius 3 is 2.56 bits per heavy atom. The SMILES string of the molecule is CNC(=O)c1c(C=O)c2c3ccccc3n(C3CC(O)C(O)CO3)c2c2[nH]c3ccccc3c12. The Kier molecular flexibility index (Phi) is 4.70. The van der Waals surface area contributed by atoms with E-state index in [2.05, 4.69) is 10.3 Å². The molecule has 1 saturated heterocycles. The van der Waals surface area contributed by atoms with Crippen LogP contribution in [0.15, 0.2) is 48.5 Å². The molecule has 172 valence electrons. The third kappa shape index (κ3) is 2.76. The van der Waals surface area contributed by atoms with Gasteiger partial charge in [-0.25, -0.2) is 0 Å². The lowest BCUT2D eigenvalue weighted by Gasteiger charge is -2.32. The van der Waals surface area contributed by atoms with E-state index in [1.807, 2.05) is 53.1 Å². The highest BCUT2D eigenvalue weighted by molar-refractivity contribution is 6.32. The van der Waals surface area contributed by atoms with Crippen LogP contribution in [0.2, 0.25) is 0 Å². The number of ether oxygens (including phenoxy) is 1. The van der Waals surface area contributed by atoms with Crippen molar-refractivity contribution in [3.63, 3.8) is 0 Å². The van der Waals surface area contributed by atoms with Gasteiger partial charge < -0.3 is 29.8 Å². The van der Waals surface area contributed by atoms with Gasteiger partial charge in [0.15, 0.2) is 6.29 Å². The summed E-state index contributed by atoms with van der Waals surface area (Å²) in [4.78, 5) is 29.2. The molecule has 4 N–H and O–H groups in total. The topological polar surface area (TPSA) is 117 Å². The highest BCUT2D eigenvalue weighted by Crippen LogP contribution is 2.44. The van der Waals surface area contributed by atoms with Gasteiger partial charge in [-0.2, -0.15) is 0 Å². The van der Waals surface area contributed by atoms with Gasteiger partial charge in [0.1, 0.15) is 12.3 Å². The Bertz CT molecular complexity index is 1620. The van der Waals surface area contributed by atoms with Gasteiger partial charge in [0.25, 0.3) is 5.91 Å². The zero-order valence-electron chi connectivity index (χ0n) is 18.4. The molecule has 3 unspecified atom stereocenters. The van der Waals surface area contributed by atoms with Crippen LogP contribution in [0, 0.1) is 0 Å². The van der Waals surface area contributed by atoms with Crippen LogP contribution in [-0.4, -0.2) is 57.8 Å². The maximum Gasteiger partial charge on any atom is 0.252 e. The zero-order chi connectivity index (χ0) is 23.6. The van der Waals surface area contributed by atoms with Crippen molar-refractivity contribution < 1.29 is 24.5 Å². The molecule has 1 aliphatic rings. The Hall–Kier alpha value is -3.72. The Labute approximate surface area is 193 Å². The highest BCUT2D eigenvalue weighted by atomic mass is 16.5. The first-order chi connectivity index (χ1) is 16.5. The number of fused-ring (bicyclic) bond motifs is 7. The van der Waals surface area contributed by atoms with Gasteiger partial charge in [0, 0.05) is 46.1 Å². The van der Waals surface area contributed by atoms with Crippen LogP contribution in [0.3, 0.4) is 0 Å². The number of nitrogens with one attached hydrogen (secondary N) is 2. The lowest BCUT2D eigenvalue weighted by molar-refractivity contribution is -0.142. The number of amides is 1. The van der Waals surface area contributed by atoms with Gasteiger partial charge in [-0.3, -0.25) is 9.59 Å². The van der Waals surface area contributed by atoms with Crippen LogP contribution in [0.5, 0.6) is 0 Å². The lowest BCUT2D eigenvalue weighted by Crippen LogP contribution is -2.39. The van der Waals surface area contributed by atoms with E-state index in [9.17, 15) is 19.8 Å². The monoisotopic (exact) mass is 457 g/mol. The predicted octanol–water partition coefficient (Wildman–Crippen LogP) is 3.24. The van der Waals surface area contributed by atoms with E-state index in [1.54, 1.807) is 7.05 Å². The van der Waals surface area contributed by atoms with Gasteiger partial charge in [-0.15, -0.1) is 0 Å². The smallest absolute Gasteiger partial charge is 0.252 e. The molecule has 0 saturated carbocycles. The summed E-state index contributed by atoms with van der Waals surface area (Å²) in [5.74, 6) is -0.344. The van der Waals surface area contributed by atoms with Crippen molar-refractivity contribution in [3.05, 3.63) is 59.7 Å². The van der Waals surface area contributed by atoms with Gasteiger partial charge >= 0.3 is 0 Å². The Balaban J connectivity index is 1.86. The van der Waals surface area contributed by atoms with Crippen molar-refractivity contribution in [1.29, 1.82) is 0 Å². The number of aldehydes is 1. The second kappa shape index (κ2) is 7.66. The molecule has 3 aromatic carbocycles. The summed E-state index contributed by atoms with van der Waals surface area (Å²) in [6.45, 7) is -0.00740. The maximum atomic E-state index is 13.1. The minimum absolute atomic E-state index is 0.00740. The average molecular weight is 457 g/mol. The molecule has 0 aliphatic carbocycles. The van der Waals surface area contributed by atoms with Crippen molar-refractivity contribution in [3.8, 4) is 0 Å². The second-order valence-corrected chi connectivity index (χ2v) is 8.68. The van der Waals surface area contributed by atoms with Crippen molar-refractivity contribution in [2.24, 2.45) is 0 Å². The molecule has 6 rings (SSSR count). The number of hydrogen-bond donors (Lipinski definition) is 4. The van der Waals surface area contributed by atoms with E-state index in [1.165, 1.54) is 0 Å². The number of para-hydroxylation sites is 2. The molecule has 0 bridgehead atoms. The third-order valence-corrected chi connectivity index (χ3v) is 6.85. The number of rotatable bonds is 3. The predicted molar refractivity (Wildman–Crippen MR) is 129 cm³/mol. The molecule has 3 atom stereocenters. The number of aliphatic hydroxyl groups excluding tert-OH is 2. The van der Waals surface area contributed by atoms with Gasteiger partial charge in [-0.05, 0) is 12.1 Å². The molecule has 2 aromatic heterocycles. The molecule has 8 heteroatoms. The normalized spacial score (nSPS) is 21.0. The van der Waals surface area contributed by atoms with E-state index in [-0.39, 0.29) is 18.9 Å². The number of benzene rings is 3. The third-order valence-electron chi connectivity index (χ3n) is 6.85. The van der Waals surface area contributed by atoms with Crippen LogP contribution in [0.1, 0.15) is 33.4 Å². The second-order valence-electron chi connectivity index (χ2n) is 8.68. The van der Waals surface area contributed by atoms with Gasteiger partial charge in [0.05, 0.1) is 34.8 Å². The van der Waals surface area contributed by atoms with E-state index >= 15 is 0 Å². The van der Waals surface area contributed by atoms with E-state index < -0.39 is 18.4 Å². The number of aromatic amines is 1. The molecule has 1 amide bonds. The fraction of sp³-hybridized carbons (Fsp3) is 0.231. The average Bonchev–Trinajstić information content (AvgIpc) is 3.41. The molecule has 1 fully saturated rings. The van der Waals surface area contributed by atoms with E-state index in [0.717, 1.165) is 33.6 Å². The standard InChI is InChI=1S/C26H23N3O5/c1-27-26(33)23-15(11-30)21-14-7-3-5-9-17(14)29(20-10-18(31)19(32)12-34-20)25(21)24-22(23)13-6-2-4-8-16(13)28-24/h2-9,11,18-20,28,31-32H,10,12H2,1H3,(H,27,33). The molecule has 0 radical (unpaired) electrons. The van der Waals surface area contributed by atoms with Crippen molar-refractivity contribution >= 4 is 55.8 Å². The van der Waals surface area contributed by atoms with Gasteiger partial charge in [-0.1, -0.05) is 36.4 Å². The van der Waals surface area contributed by atoms with Gasteiger partial charge in [0.2, 0.25) is 0 Å². The maximum absolute atomic E-state index is 13.1. The van der Waals surface area contributed by atoms with Crippen LogP contribution in [0.25, 0.3) is 43.6 Å². The van der Waals surface area contributed by atoms with Crippen molar-refractivity contribution in [1.82, 2.24) is 14.9 Å². The summed E-state index contributed by atoms with van der Waals surface area (Å²) in [6.07, 6.45) is -1.54. The van der Waals surface area contributed by atoms with Crippen LogP contribution in [0.4, 0.5) is 0 Å². The molecule has 8 nitrogen and oxygen atoms in total. The van der Waals surface area contributed by atoms with Crippen LogP contribution in [-0.2, 0) is 4.74 Å². The Morgan fingerprint density at radius 2 is 1.82 bits per heavy atom. The number of carbonyl (C=O) groups excluding carboxylic acids is 2. The van der Waals surface area contributed by atoms with E-state index in [4.69, 9.17) is 4.74 Å². The molecular formula is C26H23N3O5. The number of carbonyl (C=O) groups is 2. The summed E-state index contributed by atoms with van der Waals surface area (Å²) < 4.78 is 7.96. The molecule has 5 aromatic rings. The minimum Gasteiger partial charge on any atom is -0.390 e. The fourth-order valence-corrected chi connectivity index (χ4v) is 5.33.